The minimum atomic E-state index is 0.241. The summed E-state index contributed by atoms with van der Waals surface area (Å²) in [5.41, 5.74) is 0. The highest BCUT2D eigenvalue weighted by molar-refractivity contribution is 6.21. The highest BCUT2D eigenvalue weighted by Crippen LogP contribution is 2.08. The molecule has 1 heteroatoms. The normalized spacial score (nSPS) is 28.4. The quantitative estimate of drug-likeness (QED) is 0.423. The molecule has 0 saturated heterocycles. The van der Waals surface area contributed by atoms with Gasteiger partial charge in [-0.2, -0.15) is 0 Å². The van der Waals surface area contributed by atoms with Crippen LogP contribution in [0.1, 0.15) is 6.42 Å². The van der Waals surface area contributed by atoms with E-state index in [1.54, 1.807) is 0 Å². The van der Waals surface area contributed by atoms with Gasteiger partial charge in [0.05, 0.1) is 5.38 Å². The molecule has 0 N–H and O–H groups in total. The molecule has 0 aromatic rings. The monoisotopic (exact) mass is 114 g/mol. The Morgan fingerprint density at radius 3 is 2.57 bits per heavy atom. The first-order valence-corrected chi connectivity index (χ1v) is 2.80. The van der Waals surface area contributed by atoms with Crippen LogP contribution in [0.2, 0.25) is 0 Å². The summed E-state index contributed by atoms with van der Waals surface area (Å²) < 4.78 is 0. The zero-order valence-electron chi connectivity index (χ0n) is 3.97. The highest BCUT2D eigenvalue weighted by Gasteiger charge is 1.95. The van der Waals surface area contributed by atoms with Crippen LogP contribution in [0.5, 0.6) is 0 Å². The van der Waals surface area contributed by atoms with Crippen molar-refractivity contribution in [1.82, 2.24) is 0 Å². The van der Waals surface area contributed by atoms with Gasteiger partial charge in [-0.1, -0.05) is 24.3 Å². The minimum Gasteiger partial charge on any atom is -0.118 e. The number of hydrogen-bond donors (Lipinski definition) is 0. The van der Waals surface area contributed by atoms with E-state index in [1.165, 1.54) is 0 Å². The maximum atomic E-state index is 5.68. The first kappa shape index (κ1) is 4.92. The molecule has 1 atom stereocenters. The van der Waals surface area contributed by atoms with E-state index in [0.717, 1.165) is 6.42 Å². The van der Waals surface area contributed by atoms with Gasteiger partial charge in [0.15, 0.2) is 0 Å². The predicted molar refractivity (Wildman–Crippen MR) is 32.5 cm³/mol. The average molecular weight is 115 g/mol. The van der Waals surface area contributed by atoms with E-state index in [-0.39, 0.29) is 5.38 Å². The second-order valence-electron chi connectivity index (χ2n) is 1.56. The largest absolute Gasteiger partial charge is 0.118 e. The molecule has 7 heavy (non-hydrogen) atoms. The standard InChI is InChI=1S/C6H7Cl/c7-6-4-2-1-3-5-6/h1-4,6H,5H2/t6-/m1/s1. The summed E-state index contributed by atoms with van der Waals surface area (Å²) in [6.07, 6.45) is 9.03. The lowest BCUT2D eigenvalue weighted by atomic mass is 10.2. The first-order chi connectivity index (χ1) is 3.39. The SMILES string of the molecule is Cl[C@@H]1C=CC=CC1. The summed E-state index contributed by atoms with van der Waals surface area (Å²) in [7, 11) is 0. The molecule has 0 bridgehead atoms. The molecule has 0 amide bonds. The Kier molecular flexibility index (Phi) is 1.53. The van der Waals surface area contributed by atoms with E-state index in [9.17, 15) is 0 Å². The third kappa shape index (κ3) is 1.36. The van der Waals surface area contributed by atoms with Crippen LogP contribution in [0.15, 0.2) is 24.3 Å². The number of alkyl halides is 1. The fraction of sp³-hybridized carbons (Fsp3) is 0.333. The molecule has 1 aliphatic rings. The lowest BCUT2D eigenvalue weighted by Crippen LogP contribution is -1.91. The van der Waals surface area contributed by atoms with E-state index in [4.69, 9.17) is 11.6 Å². The van der Waals surface area contributed by atoms with Crippen LogP contribution in [-0.4, -0.2) is 5.38 Å². The summed E-state index contributed by atoms with van der Waals surface area (Å²) in [5, 5.41) is 0.241. The van der Waals surface area contributed by atoms with Crippen molar-refractivity contribution in [3.8, 4) is 0 Å². The summed E-state index contributed by atoms with van der Waals surface area (Å²) >= 11 is 5.68. The fourth-order valence-electron chi connectivity index (χ4n) is 0.550. The van der Waals surface area contributed by atoms with Crippen LogP contribution in [0.25, 0.3) is 0 Å². The molecule has 38 valence electrons. The average Bonchev–Trinajstić information content (AvgIpc) is 1.69. The molecular formula is C6H7Cl. The van der Waals surface area contributed by atoms with Crippen LogP contribution in [-0.2, 0) is 0 Å². The molecule has 0 spiro atoms. The molecule has 0 radical (unpaired) electrons. The summed E-state index contributed by atoms with van der Waals surface area (Å²) in [6, 6.07) is 0. The van der Waals surface area contributed by atoms with Gasteiger partial charge in [0, 0.05) is 0 Å². The van der Waals surface area contributed by atoms with Crippen LogP contribution < -0.4 is 0 Å². The van der Waals surface area contributed by atoms with E-state index in [1.807, 2.05) is 18.2 Å². The molecule has 0 unspecified atom stereocenters. The molecule has 0 aromatic carbocycles. The number of allylic oxidation sites excluding steroid dienone is 4. The van der Waals surface area contributed by atoms with Crippen molar-refractivity contribution in [1.29, 1.82) is 0 Å². The van der Waals surface area contributed by atoms with Gasteiger partial charge in [0.2, 0.25) is 0 Å². The van der Waals surface area contributed by atoms with Crippen LogP contribution in [0.3, 0.4) is 0 Å². The number of hydrogen-bond acceptors (Lipinski definition) is 0. The number of rotatable bonds is 0. The Morgan fingerprint density at radius 1 is 1.43 bits per heavy atom. The Bertz CT molecular complexity index is 103. The van der Waals surface area contributed by atoms with Gasteiger partial charge < -0.3 is 0 Å². The maximum Gasteiger partial charge on any atom is 0.0553 e. The van der Waals surface area contributed by atoms with Crippen LogP contribution in [0, 0.1) is 0 Å². The molecule has 0 aromatic heterocycles. The van der Waals surface area contributed by atoms with Gasteiger partial charge in [-0.05, 0) is 6.42 Å². The van der Waals surface area contributed by atoms with E-state index in [2.05, 4.69) is 6.08 Å². The third-order valence-corrected chi connectivity index (χ3v) is 1.25. The van der Waals surface area contributed by atoms with Crippen molar-refractivity contribution >= 4 is 11.6 Å². The van der Waals surface area contributed by atoms with Crippen molar-refractivity contribution in [2.75, 3.05) is 0 Å². The Balaban J connectivity index is 2.49. The molecule has 1 aliphatic carbocycles. The Labute approximate surface area is 48.5 Å². The molecule has 1 rings (SSSR count). The van der Waals surface area contributed by atoms with Gasteiger partial charge in [-0.25, -0.2) is 0 Å². The van der Waals surface area contributed by atoms with E-state index >= 15 is 0 Å². The molecule has 0 aliphatic heterocycles. The lowest BCUT2D eigenvalue weighted by molar-refractivity contribution is 1.04. The maximum absolute atomic E-state index is 5.68. The Hall–Kier alpha value is -0.230. The van der Waals surface area contributed by atoms with Crippen LogP contribution >= 0.6 is 11.6 Å². The van der Waals surface area contributed by atoms with Gasteiger partial charge in [-0.15, -0.1) is 11.6 Å². The second kappa shape index (κ2) is 2.17. The topological polar surface area (TPSA) is 0 Å². The Morgan fingerprint density at radius 2 is 2.29 bits per heavy atom. The van der Waals surface area contributed by atoms with Gasteiger partial charge in [0.25, 0.3) is 0 Å². The summed E-state index contributed by atoms with van der Waals surface area (Å²) in [6.45, 7) is 0. The van der Waals surface area contributed by atoms with Gasteiger partial charge >= 0.3 is 0 Å². The summed E-state index contributed by atoms with van der Waals surface area (Å²) in [5.74, 6) is 0. The third-order valence-electron chi connectivity index (χ3n) is 0.928. The fourth-order valence-corrected chi connectivity index (χ4v) is 0.737. The molecular weight excluding hydrogens is 108 g/mol. The molecule has 0 nitrogen and oxygen atoms in total. The van der Waals surface area contributed by atoms with Crippen molar-refractivity contribution in [3.05, 3.63) is 24.3 Å². The molecule has 0 heterocycles. The summed E-state index contributed by atoms with van der Waals surface area (Å²) in [4.78, 5) is 0. The smallest absolute Gasteiger partial charge is 0.0553 e. The zero-order chi connectivity index (χ0) is 5.11. The van der Waals surface area contributed by atoms with E-state index < -0.39 is 0 Å². The predicted octanol–water partition coefficient (Wildman–Crippen LogP) is 2.11. The molecule has 0 saturated carbocycles. The van der Waals surface area contributed by atoms with Gasteiger partial charge in [0.1, 0.15) is 0 Å². The highest BCUT2D eigenvalue weighted by atomic mass is 35.5. The van der Waals surface area contributed by atoms with Crippen LogP contribution in [0.4, 0.5) is 0 Å². The van der Waals surface area contributed by atoms with E-state index in [0.29, 0.717) is 0 Å². The second-order valence-corrected chi connectivity index (χ2v) is 2.13. The zero-order valence-corrected chi connectivity index (χ0v) is 4.73. The molecule has 0 fully saturated rings. The van der Waals surface area contributed by atoms with Gasteiger partial charge in [-0.3, -0.25) is 0 Å². The van der Waals surface area contributed by atoms with Crippen molar-refractivity contribution in [3.63, 3.8) is 0 Å². The lowest BCUT2D eigenvalue weighted by Gasteiger charge is -1.99. The first-order valence-electron chi connectivity index (χ1n) is 2.37. The van der Waals surface area contributed by atoms with Crippen molar-refractivity contribution in [2.45, 2.75) is 11.8 Å². The van der Waals surface area contributed by atoms with Crippen molar-refractivity contribution < 1.29 is 0 Å². The van der Waals surface area contributed by atoms with Crippen molar-refractivity contribution in [2.24, 2.45) is 0 Å². The minimum absolute atomic E-state index is 0.241. The number of halogens is 1.